The molecule has 0 aromatic heterocycles. The van der Waals surface area contributed by atoms with Gasteiger partial charge in [-0.05, 0) is 42.7 Å². The molecule has 124 valence electrons. The van der Waals surface area contributed by atoms with Crippen molar-refractivity contribution < 1.29 is 9.59 Å². The Hall–Kier alpha value is -1.84. The summed E-state index contributed by atoms with van der Waals surface area (Å²) >= 11 is 0. The number of hydrogen-bond acceptors (Lipinski definition) is 2. The number of nitrogens with zero attached hydrogens (tertiary/aromatic N) is 2. The Labute approximate surface area is 138 Å². The van der Waals surface area contributed by atoms with Crippen LogP contribution in [0.15, 0.2) is 24.3 Å². The molecule has 1 aliphatic carbocycles. The number of amides is 2. The van der Waals surface area contributed by atoms with Crippen LogP contribution in [0.5, 0.6) is 0 Å². The normalized spacial score (nSPS) is 16.8. The van der Waals surface area contributed by atoms with Crippen LogP contribution >= 0.6 is 0 Å². The topological polar surface area (TPSA) is 40.6 Å². The predicted molar refractivity (Wildman–Crippen MR) is 89.8 cm³/mol. The summed E-state index contributed by atoms with van der Waals surface area (Å²) in [5.41, 5.74) is 2.61. The molecule has 0 radical (unpaired) electrons. The third-order valence-electron chi connectivity index (χ3n) is 4.92. The molecule has 1 aromatic rings. The SMILES string of the molecule is CN(CC1CC1)C(=O)CCCC(=O)N1CCc2ccccc2C1. The molecule has 0 atom stereocenters. The average molecular weight is 314 g/mol. The van der Waals surface area contributed by atoms with Crippen molar-refractivity contribution in [3.8, 4) is 0 Å². The Morgan fingerprint density at radius 2 is 1.91 bits per heavy atom. The largest absolute Gasteiger partial charge is 0.345 e. The fourth-order valence-corrected chi connectivity index (χ4v) is 3.24. The van der Waals surface area contributed by atoms with Gasteiger partial charge in [-0.15, -0.1) is 0 Å². The average Bonchev–Trinajstić information content (AvgIpc) is 3.38. The molecule has 0 N–H and O–H groups in total. The molecule has 4 nitrogen and oxygen atoms in total. The minimum absolute atomic E-state index is 0.175. The highest BCUT2D eigenvalue weighted by Gasteiger charge is 2.25. The molecule has 0 bridgehead atoms. The monoisotopic (exact) mass is 314 g/mol. The van der Waals surface area contributed by atoms with E-state index in [1.54, 1.807) is 0 Å². The number of benzene rings is 1. The summed E-state index contributed by atoms with van der Waals surface area (Å²) in [6.45, 7) is 2.39. The van der Waals surface area contributed by atoms with Gasteiger partial charge >= 0.3 is 0 Å². The van der Waals surface area contributed by atoms with Crippen LogP contribution < -0.4 is 0 Å². The van der Waals surface area contributed by atoms with Crippen LogP contribution in [0.3, 0.4) is 0 Å². The molecule has 1 saturated carbocycles. The van der Waals surface area contributed by atoms with Crippen LogP contribution in [0.2, 0.25) is 0 Å². The molecular weight excluding hydrogens is 288 g/mol. The highest BCUT2D eigenvalue weighted by molar-refractivity contribution is 5.79. The van der Waals surface area contributed by atoms with E-state index in [9.17, 15) is 9.59 Å². The lowest BCUT2D eigenvalue weighted by atomic mass is 9.99. The number of rotatable bonds is 6. The van der Waals surface area contributed by atoms with Crippen LogP contribution in [-0.2, 0) is 22.6 Å². The molecule has 2 amide bonds. The number of fused-ring (bicyclic) bond motifs is 1. The van der Waals surface area contributed by atoms with E-state index in [2.05, 4.69) is 18.2 Å². The summed E-state index contributed by atoms with van der Waals surface area (Å²) in [4.78, 5) is 28.1. The van der Waals surface area contributed by atoms with E-state index in [0.29, 0.717) is 25.8 Å². The van der Waals surface area contributed by atoms with Gasteiger partial charge in [0.05, 0.1) is 0 Å². The van der Waals surface area contributed by atoms with Gasteiger partial charge in [-0.2, -0.15) is 0 Å². The summed E-state index contributed by atoms with van der Waals surface area (Å²) in [7, 11) is 1.88. The van der Waals surface area contributed by atoms with Gasteiger partial charge in [0.15, 0.2) is 0 Å². The molecule has 1 fully saturated rings. The lowest BCUT2D eigenvalue weighted by Crippen LogP contribution is -2.36. The van der Waals surface area contributed by atoms with Gasteiger partial charge in [0, 0.05) is 39.5 Å². The number of hydrogen-bond donors (Lipinski definition) is 0. The van der Waals surface area contributed by atoms with Crippen molar-refractivity contribution >= 4 is 11.8 Å². The lowest BCUT2D eigenvalue weighted by molar-refractivity contribution is -0.133. The van der Waals surface area contributed by atoms with Crippen molar-refractivity contribution in [1.82, 2.24) is 9.80 Å². The maximum absolute atomic E-state index is 12.3. The second kappa shape index (κ2) is 7.16. The Kier molecular flexibility index (Phi) is 4.99. The predicted octanol–water partition coefficient (Wildman–Crippen LogP) is 2.61. The first-order valence-electron chi connectivity index (χ1n) is 8.72. The van der Waals surface area contributed by atoms with Crippen LogP contribution in [-0.4, -0.2) is 41.8 Å². The highest BCUT2D eigenvalue weighted by Crippen LogP contribution is 2.29. The van der Waals surface area contributed by atoms with Gasteiger partial charge in [-0.1, -0.05) is 24.3 Å². The van der Waals surface area contributed by atoms with E-state index in [1.165, 1.54) is 24.0 Å². The first kappa shape index (κ1) is 16.0. The van der Waals surface area contributed by atoms with Gasteiger partial charge in [0.1, 0.15) is 0 Å². The Morgan fingerprint density at radius 1 is 1.17 bits per heavy atom. The highest BCUT2D eigenvalue weighted by atomic mass is 16.2. The lowest BCUT2D eigenvalue weighted by Gasteiger charge is -2.29. The maximum atomic E-state index is 12.3. The van der Waals surface area contributed by atoms with E-state index < -0.39 is 0 Å². The van der Waals surface area contributed by atoms with E-state index in [1.807, 2.05) is 22.9 Å². The minimum atomic E-state index is 0.175. The summed E-state index contributed by atoms with van der Waals surface area (Å²) in [6, 6.07) is 8.33. The zero-order valence-corrected chi connectivity index (χ0v) is 14.0. The summed E-state index contributed by atoms with van der Waals surface area (Å²) in [6.07, 6.45) is 5.07. The molecule has 4 heteroatoms. The van der Waals surface area contributed by atoms with Gasteiger partial charge in [-0.3, -0.25) is 9.59 Å². The third-order valence-corrected chi connectivity index (χ3v) is 4.92. The molecule has 2 aliphatic rings. The molecule has 0 unspecified atom stereocenters. The van der Waals surface area contributed by atoms with Crippen molar-refractivity contribution in [1.29, 1.82) is 0 Å². The van der Waals surface area contributed by atoms with Crippen LogP contribution in [0.1, 0.15) is 43.2 Å². The van der Waals surface area contributed by atoms with Gasteiger partial charge < -0.3 is 9.80 Å². The number of carbonyl (C=O) groups excluding carboxylic acids is 2. The zero-order chi connectivity index (χ0) is 16.2. The minimum Gasteiger partial charge on any atom is -0.345 e. The van der Waals surface area contributed by atoms with E-state index in [0.717, 1.165) is 25.4 Å². The fourth-order valence-electron chi connectivity index (χ4n) is 3.24. The summed E-state index contributed by atoms with van der Waals surface area (Å²) in [5, 5.41) is 0. The maximum Gasteiger partial charge on any atom is 0.222 e. The molecule has 1 aromatic carbocycles. The summed E-state index contributed by atoms with van der Waals surface area (Å²) < 4.78 is 0. The standard InChI is InChI=1S/C19H26N2O2/c1-20(13-15-9-10-15)18(22)7-4-8-19(23)21-12-11-16-5-2-3-6-17(16)14-21/h2-3,5-6,15H,4,7-14H2,1H3. The van der Waals surface area contributed by atoms with E-state index in [4.69, 9.17) is 0 Å². The Morgan fingerprint density at radius 3 is 2.65 bits per heavy atom. The molecule has 1 heterocycles. The number of carbonyl (C=O) groups is 2. The van der Waals surface area contributed by atoms with Crippen molar-refractivity contribution in [2.75, 3.05) is 20.1 Å². The van der Waals surface area contributed by atoms with Crippen molar-refractivity contribution in [2.45, 2.75) is 45.1 Å². The van der Waals surface area contributed by atoms with Gasteiger partial charge in [-0.25, -0.2) is 0 Å². The Balaban J connectivity index is 1.40. The first-order valence-corrected chi connectivity index (χ1v) is 8.72. The molecule has 3 rings (SSSR count). The van der Waals surface area contributed by atoms with Gasteiger partial charge in [0.25, 0.3) is 0 Å². The fraction of sp³-hybridized carbons (Fsp3) is 0.579. The van der Waals surface area contributed by atoms with E-state index >= 15 is 0 Å². The van der Waals surface area contributed by atoms with Crippen LogP contribution in [0, 0.1) is 5.92 Å². The van der Waals surface area contributed by atoms with Crippen molar-refractivity contribution in [2.24, 2.45) is 5.92 Å². The van der Waals surface area contributed by atoms with Crippen molar-refractivity contribution in [3.05, 3.63) is 35.4 Å². The van der Waals surface area contributed by atoms with Gasteiger partial charge in [0.2, 0.25) is 11.8 Å². The molecule has 1 aliphatic heterocycles. The molecule has 23 heavy (non-hydrogen) atoms. The second-order valence-corrected chi connectivity index (χ2v) is 6.91. The Bertz CT molecular complexity index is 580. The van der Waals surface area contributed by atoms with Crippen LogP contribution in [0.4, 0.5) is 0 Å². The van der Waals surface area contributed by atoms with E-state index in [-0.39, 0.29) is 11.8 Å². The second-order valence-electron chi connectivity index (χ2n) is 6.91. The zero-order valence-electron chi connectivity index (χ0n) is 14.0. The first-order chi connectivity index (χ1) is 11.1. The third kappa shape index (κ3) is 4.34. The molecule has 0 saturated heterocycles. The smallest absolute Gasteiger partial charge is 0.222 e. The van der Waals surface area contributed by atoms with Crippen LogP contribution in [0.25, 0.3) is 0 Å². The molecular formula is C19H26N2O2. The quantitative estimate of drug-likeness (QED) is 0.810. The van der Waals surface area contributed by atoms with Crippen molar-refractivity contribution in [3.63, 3.8) is 0 Å². The molecule has 0 spiro atoms. The summed E-state index contributed by atoms with van der Waals surface area (Å²) in [5.74, 6) is 1.07.